The normalized spacial score (nSPS) is 18.7. The predicted molar refractivity (Wildman–Crippen MR) is 92.3 cm³/mol. The largest absolute Gasteiger partial charge is 0.318 e. The van der Waals surface area contributed by atoms with E-state index >= 15 is 0 Å². The number of nitrogens with zero attached hydrogens (tertiary/aromatic N) is 5. The molecule has 5 nitrogen and oxygen atoms in total. The summed E-state index contributed by atoms with van der Waals surface area (Å²) in [5, 5.41) is 1.57. The Morgan fingerprint density at radius 2 is 2.04 bits per heavy atom. The average molecular weight is 325 g/mol. The van der Waals surface area contributed by atoms with E-state index in [4.69, 9.17) is 0 Å². The molecule has 118 valence electrons. The molecule has 1 fully saturated rings. The van der Waals surface area contributed by atoms with Gasteiger partial charge in [0.15, 0.2) is 5.65 Å². The number of aromatic nitrogens is 4. The molecule has 0 amide bonds. The van der Waals surface area contributed by atoms with Crippen molar-refractivity contribution in [3.05, 3.63) is 48.5 Å². The van der Waals surface area contributed by atoms with E-state index in [0.717, 1.165) is 35.8 Å². The monoisotopic (exact) mass is 325 g/mol. The molecule has 0 radical (unpaired) electrons. The van der Waals surface area contributed by atoms with Gasteiger partial charge in [-0.3, -0.25) is 4.90 Å². The molecule has 23 heavy (non-hydrogen) atoms. The van der Waals surface area contributed by atoms with Gasteiger partial charge in [0.05, 0.1) is 6.33 Å². The number of likely N-dealkylation sites (tertiary alicyclic amines) is 1. The first-order valence-corrected chi connectivity index (χ1v) is 8.72. The number of hydrogen-bond acceptors (Lipinski definition) is 5. The minimum Gasteiger partial charge on any atom is -0.318 e. The number of thioether (sulfide) groups is 1. The maximum atomic E-state index is 4.45. The summed E-state index contributed by atoms with van der Waals surface area (Å²) in [5.41, 5.74) is 3.20. The predicted octanol–water partition coefficient (Wildman–Crippen LogP) is 2.73. The van der Waals surface area contributed by atoms with Gasteiger partial charge in [0.25, 0.3) is 0 Å². The highest BCUT2D eigenvalue weighted by Gasteiger charge is 2.25. The van der Waals surface area contributed by atoms with Crippen LogP contribution in [0.4, 0.5) is 0 Å². The van der Waals surface area contributed by atoms with Crippen LogP contribution in [-0.4, -0.2) is 42.8 Å². The quantitative estimate of drug-likeness (QED) is 0.690. The van der Waals surface area contributed by atoms with E-state index in [-0.39, 0.29) is 0 Å². The van der Waals surface area contributed by atoms with Gasteiger partial charge in [0.2, 0.25) is 0 Å². The molecular formula is C17H19N5S. The molecule has 3 aromatic rings. The summed E-state index contributed by atoms with van der Waals surface area (Å²) in [6, 6.07) is 10.7. The van der Waals surface area contributed by atoms with E-state index in [1.54, 1.807) is 12.7 Å². The van der Waals surface area contributed by atoms with Gasteiger partial charge in [0.1, 0.15) is 16.9 Å². The van der Waals surface area contributed by atoms with Crippen LogP contribution in [0.25, 0.3) is 11.2 Å². The molecule has 0 spiro atoms. The van der Waals surface area contributed by atoms with Crippen molar-refractivity contribution in [2.75, 3.05) is 13.1 Å². The minimum atomic E-state index is 0.568. The van der Waals surface area contributed by atoms with Crippen molar-refractivity contribution in [2.24, 2.45) is 7.05 Å². The molecule has 0 bridgehead atoms. The summed E-state index contributed by atoms with van der Waals surface area (Å²) in [7, 11) is 1.97. The second-order valence-corrected chi connectivity index (χ2v) is 7.24. The first kappa shape index (κ1) is 14.7. The lowest BCUT2D eigenvalue weighted by Crippen LogP contribution is -2.20. The second kappa shape index (κ2) is 6.29. The second-order valence-electron chi connectivity index (χ2n) is 5.96. The number of aryl methyl sites for hydroxylation is 1. The van der Waals surface area contributed by atoms with Crippen molar-refractivity contribution >= 4 is 22.9 Å². The molecule has 4 rings (SSSR count). The van der Waals surface area contributed by atoms with Crippen LogP contribution in [0.2, 0.25) is 0 Å². The maximum Gasteiger partial charge on any atom is 0.164 e. The van der Waals surface area contributed by atoms with E-state index in [2.05, 4.69) is 50.2 Å². The highest BCUT2D eigenvalue weighted by atomic mass is 32.2. The number of imidazole rings is 1. The number of benzene rings is 1. The van der Waals surface area contributed by atoms with Gasteiger partial charge in [0, 0.05) is 25.4 Å². The Hall–Kier alpha value is -1.92. The molecule has 1 aliphatic heterocycles. The van der Waals surface area contributed by atoms with Crippen molar-refractivity contribution in [3.8, 4) is 0 Å². The van der Waals surface area contributed by atoms with Crippen LogP contribution in [0, 0.1) is 0 Å². The van der Waals surface area contributed by atoms with Crippen LogP contribution < -0.4 is 0 Å². The fourth-order valence-corrected chi connectivity index (χ4v) is 4.23. The highest BCUT2D eigenvalue weighted by molar-refractivity contribution is 8.00. The number of fused-ring (bicyclic) bond motifs is 1. The first-order valence-electron chi connectivity index (χ1n) is 7.84. The zero-order chi connectivity index (χ0) is 15.6. The molecule has 6 heteroatoms. The summed E-state index contributed by atoms with van der Waals surface area (Å²) in [6.45, 7) is 3.27. The van der Waals surface area contributed by atoms with E-state index in [1.165, 1.54) is 12.0 Å². The molecule has 0 saturated carbocycles. The van der Waals surface area contributed by atoms with E-state index in [9.17, 15) is 0 Å². The zero-order valence-electron chi connectivity index (χ0n) is 13.1. The summed E-state index contributed by atoms with van der Waals surface area (Å²) in [6.07, 6.45) is 4.64. The maximum absolute atomic E-state index is 4.45. The van der Waals surface area contributed by atoms with Gasteiger partial charge in [-0.25, -0.2) is 15.0 Å². The first-order chi connectivity index (χ1) is 11.3. The molecule has 0 N–H and O–H groups in total. The van der Waals surface area contributed by atoms with E-state index < -0.39 is 0 Å². The lowest BCUT2D eigenvalue weighted by molar-refractivity contribution is 0.332. The Balaban J connectivity index is 1.44. The van der Waals surface area contributed by atoms with Crippen LogP contribution in [0.5, 0.6) is 0 Å². The molecule has 2 aromatic heterocycles. The Bertz CT molecular complexity index is 801. The molecule has 1 saturated heterocycles. The van der Waals surface area contributed by atoms with E-state index in [1.807, 2.05) is 23.4 Å². The molecule has 0 aliphatic carbocycles. The molecule has 1 aromatic carbocycles. The molecule has 1 unspecified atom stereocenters. The Morgan fingerprint density at radius 3 is 2.91 bits per heavy atom. The van der Waals surface area contributed by atoms with Crippen LogP contribution in [0.15, 0.2) is 48.0 Å². The Labute approximate surface area is 139 Å². The van der Waals surface area contributed by atoms with Crippen molar-refractivity contribution in [3.63, 3.8) is 0 Å². The van der Waals surface area contributed by atoms with Gasteiger partial charge >= 0.3 is 0 Å². The molecular weight excluding hydrogens is 306 g/mol. The lowest BCUT2D eigenvalue weighted by Gasteiger charge is -2.15. The van der Waals surface area contributed by atoms with Crippen LogP contribution in [0.1, 0.15) is 12.0 Å². The topological polar surface area (TPSA) is 46.8 Å². The smallest absolute Gasteiger partial charge is 0.164 e. The fraction of sp³-hybridized carbons (Fsp3) is 0.353. The Kier molecular flexibility index (Phi) is 4.01. The summed E-state index contributed by atoms with van der Waals surface area (Å²) < 4.78 is 1.94. The van der Waals surface area contributed by atoms with Gasteiger partial charge < -0.3 is 4.57 Å². The summed E-state index contributed by atoms with van der Waals surface area (Å²) in [5.74, 6) is 0. The number of hydrogen-bond donors (Lipinski definition) is 0. The van der Waals surface area contributed by atoms with Crippen molar-refractivity contribution < 1.29 is 0 Å². The average Bonchev–Trinajstić information content (AvgIpc) is 3.16. The molecule has 1 aliphatic rings. The molecule has 3 heterocycles. The van der Waals surface area contributed by atoms with Crippen LogP contribution >= 0.6 is 11.8 Å². The van der Waals surface area contributed by atoms with Crippen molar-refractivity contribution in [2.45, 2.75) is 23.2 Å². The Morgan fingerprint density at radius 1 is 1.17 bits per heavy atom. The van der Waals surface area contributed by atoms with Crippen molar-refractivity contribution in [1.82, 2.24) is 24.4 Å². The zero-order valence-corrected chi connectivity index (χ0v) is 13.9. The minimum absolute atomic E-state index is 0.568. The third kappa shape index (κ3) is 3.09. The third-order valence-electron chi connectivity index (χ3n) is 4.22. The van der Waals surface area contributed by atoms with Crippen molar-refractivity contribution in [1.29, 1.82) is 0 Å². The van der Waals surface area contributed by atoms with E-state index in [0.29, 0.717) is 5.25 Å². The SMILES string of the molecule is Cn1cnc2c(SC3CCN(Cc4ccccc4)C3)ncnc21. The third-order valence-corrected chi connectivity index (χ3v) is 5.46. The van der Waals surface area contributed by atoms with Crippen LogP contribution in [0.3, 0.4) is 0 Å². The molecule has 1 atom stereocenters. The van der Waals surface area contributed by atoms with Gasteiger partial charge in [-0.1, -0.05) is 42.1 Å². The van der Waals surface area contributed by atoms with Crippen LogP contribution in [-0.2, 0) is 13.6 Å². The standard InChI is InChI=1S/C17H19N5S/c1-21-12-20-15-16(21)18-11-19-17(15)23-14-7-8-22(10-14)9-13-5-3-2-4-6-13/h2-6,11-12,14H,7-10H2,1H3. The van der Waals surface area contributed by atoms with Gasteiger partial charge in [-0.05, 0) is 18.5 Å². The van der Waals surface area contributed by atoms with Gasteiger partial charge in [-0.2, -0.15) is 0 Å². The number of rotatable bonds is 4. The highest BCUT2D eigenvalue weighted by Crippen LogP contribution is 2.32. The van der Waals surface area contributed by atoms with Gasteiger partial charge in [-0.15, -0.1) is 0 Å². The summed E-state index contributed by atoms with van der Waals surface area (Å²) in [4.78, 5) is 15.7. The fourth-order valence-electron chi connectivity index (χ4n) is 3.05. The summed E-state index contributed by atoms with van der Waals surface area (Å²) >= 11 is 1.84. The lowest BCUT2D eigenvalue weighted by atomic mass is 10.2.